The van der Waals surface area contributed by atoms with Gasteiger partial charge in [0.25, 0.3) is 0 Å². The van der Waals surface area contributed by atoms with Gasteiger partial charge in [0.05, 0.1) is 0 Å². The first-order valence-electron chi connectivity index (χ1n) is 4.95. The van der Waals surface area contributed by atoms with E-state index in [0.717, 1.165) is 6.54 Å². The maximum absolute atomic E-state index is 3.57. The van der Waals surface area contributed by atoms with Crippen LogP contribution in [-0.4, -0.2) is 18.1 Å². The van der Waals surface area contributed by atoms with Crippen LogP contribution in [0.4, 0.5) is 0 Å². The zero-order valence-electron chi connectivity index (χ0n) is 9.33. The van der Waals surface area contributed by atoms with Crippen LogP contribution < -0.4 is 5.32 Å². The van der Waals surface area contributed by atoms with E-state index in [2.05, 4.69) is 43.8 Å². The molecule has 0 radical (unpaired) electrons. The van der Waals surface area contributed by atoms with E-state index >= 15 is 0 Å². The van der Waals surface area contributed by atoms with Crippen LogP contribution in [0, 0.1) is 6.92 Å². The molecule has 0 bridgehead atoms. The molecule has 2 unspecified atom stereocenters. The van der Waals surface area contributed by atoms with Crippen molar-refractivity contribution in [3.8, 4) is 0 Å². The Kier molecular flexibility index (Phi) is 4.99. The van der Waals surface area contributed by atoms with E-state index in [1.165, 1.54) is 10.4 Å². The minimum absolute atomic E-state index is 0.490. The topological polar surface area (TPSA) is 12.0 Å². The minimum Gasteiger partial charge on any atom is -0.308 e. The van der Waals surface area contributed by atoms with Gasteiger partial charge < -0.3 is 5.32 Å². The van der Waals surface area contributed by atoms with Crippen molar-refractivity contribution in [2.45, 2.75) is 32.1 Å². The summed E-state index contributed by atoms with van der Waals surface area (Å²) in [7, 11) is 0. The molecular weight excluding hydrogens is 210 g/mol. The molecular formula is C11H19NS2. The lowest BCUT2D eigenvalue weighted by Crippen LogP contribution is -2.25. The Hall–Kier alpha value is 0.0100. The lowest BCUT2D eigenvalue weighted by atomic mass is 10.2. The van der Waals surface area contributed by atoms with Gasteiger partial charge in [-0.2, -0.15) is 11.8 Å². The van der Waals surface area contributed by atoms with Crippen molar-refractivity contribution in [3.63, 3.8) is 0 Å². The van der Waals surface area contributed by atoms with Crippen molar-refractivity contribution in [2.24, 2.45) is 0 Å². The third-order valence-corrected chi connectivity index (χ3v) is 4.58. The van der Waals surface area contributed by atoms with Gasteiger partial charge in [0.15, 0.2) is 0 Å². The van der Waals surface area contributed by atoms with Crippen molar-refractivity contribution < 1.29 is 0 Å². The minimum atomic E-state index is 0.490. The van der Waals surface area contributed by atoms with Gasteiger partial charge in [-0.1, -0.05) is 6.92 Å². The maximum atomic E-state index is 3.57. The predicted molar refractivity (Wildman–Crippen MR) is 68.5 cm³/mol. The van der Waals surface area contributed by atoms with Crippen molar-refractivity contribution in [1.29, 1.82) is 0 Å². The second-order valence-corrected chi connectivity index (χ2v) is 5.87. The van der Waals surface area contributed by atoms with Gasteiger partial charge in [-0.15, -0.1) is 11.3 Å². The third kappa shape index (κ3) is 3.30. The summed E-state index contributed by atoms with van der Waals surface area (Å²) in [4.78, 5) is 1.47. The lowest BCUT2D eigenvalue weighted by Gasteiger charge is -2.16. The molecule has 1 nitrogen and oxygen atoms in total. The molecule has 1 aromatic rings. The molecule has 0 aliphatic heterocycles. The summed E-state index contributed by atoms with van der Waals surface area (Å²) >= 11 is 3.76. The van der Waals surface area contributed by atoms with Crippen LogP contribution in [0.2, 0.25) is 0 Å². The van der Waals surface area contributed by atoms with Crippen LogP contribution in [0.3, 0.4) is 0 Å². The Morgan fingerprint density at radius 1 is 1.50 bits per heavy atom. The molecule has 1 N–H and O–H groups in total. The fraction of sp³-hybridized carbons (Fsp3) is 0.636. The molecule has 2 atom stereocenters. The largest absolute Gasteiger partial charge is 0.308 e. The highest BCUT2D eigenvalue weighted by Gasteiger charge is 2.09. The summed E-state index contributed by atoms with van der Waals surface area (Å²) in [6, 6.07) is 2.68. The summed E-state index contributed by atoms with van der Waals surface area (Å²) in [5.74, 6) is 0. The molecule has 1 heterocycles. The molecule has 0 aliphatic carbocycles. The number of rotatable bonds is 5. The molecule has 0 aliphatic rings. The maximum Gasteiger partial charge on any atom is 0.0389 e. The molecule has 14 heavy (non-hydrogen) atoms. The van der Waals surface area contributed by atoms with E-state index in [-0.39, 0.29) is 0 Å². The summed E-state index contributed by atoms with van der Waals surface area (Å²) in [5.41, 5.74) is 1.41. The van der Waals surface area contributed by atoms with Crippen molar-refractivity contribution in [2.75, 3.05) is 12.8 Å². The van der Waals surface area contributed by atoms with Gasteiger partial charge >= 0.3 is 0 Å². The van der Waals surface area contributed by atoms with Gasteiger partial charge in [-0.3, -0.25) is 0 Å². The van der Waals surface area contributed by atoms with E-state index < -0.39 is 0 Å². The monoisotopic (exact) mass is 229 g/mol. The molecule has 0 saturated heterocycles. The Labute approximate surface area is 95.3 Å². The first-order valence-corrected chi connectivity index (χ1v) is 7.12. The molecule has 0 fully saturated rings. The summed E-state index contributed by atoms with van der Waals surface area (Å²) in [5, 5.41) is 6.43. The highest BCUT2D eigenvalue weighted by molar-refractivity contribution is 7.99. The molecule has 3 heteroatoms. The van der Waals surface area contributed by atoms with Crippen molar-refractivity contribution in [3.05, 3.63) is 21.9 Å². The second kappa shape index (κ2) is 5.79. The Morgan fingerprint density at radius 3 is 2.71 bits per heavy atom. The van der Waals surface area contributed by atoms with Crippen LogP contribution >= 0.6 is 23.1 Å². The number of hydrogen-bond acceptors (Lipinski definition) is 3. The molecule has 0 saturated carbocycles. The Morgan fingerprint density at radius 2 is 2.21 bits per heavy atom. The first-order chi connectivity index (χ1) is 6.65. The fourth-order valence-corrected chi connectivity index (χ4v) is 2.57. The highest BCUT2D eigenvalue weighted by atomic mass is 32.2. The number of thiophene rings is 1. The fourth-order valence-electron chi connectivity index (χ4n) is 1.35. The van der Waals surface area contributed by atoms with Crippen molar-refractivity contribution in [1.82, 2.24) is 5.32 Å². The zero-order chi connectivity index (χ0) is 10.6. The molecule has 1 aromatic heterocycles. The molecule has 0 aromatic carbocycles. The van der Waals surface area contributed by atoms with E-state index in [4.69, 9.17) is 0 Å². The average molecular weight is 229 g/mol. The Bertz CT molecular complexity index is 270. The molecule has 80 valence electrons. The smallest absolute Gasteiger partial charge is 0.0389 e. The van der Waals surface area contributed by atoms with Crippen LogP contribution in [0.15, 0.2) is 11.4 Å². The zero-order valence-corrected chi connectivity index (χ0v) is 11.0. The predicted octanol–water partition coefficient (Wildman–Crippen LogP) is 3.46. The lowest BCUT2D eigenvalue weighted by molar-refractivity contribution is 0.582. The Balaban J connectivity index is 2.43. The SMILES string of the molecule is CSC(C)CNC(C)c1sccc1C. The molecule has 1 rings (SSSR count). The van der Waals surface area contributed by atoms with Gasteiger partial charge in [0.1, 0.15) is 0 Å². The van der Waals surface area contributed by atoms with Crippen molar-refractivity contribution >= 4 is 23.1 Å². The van der Waals surface area contributed by atoms with E-state index in [9.17, 15) is 0 Å². The van der Waals surface area contributed by atoms with Crippen LogP contribution in [0.5, 0.6) is 0 Å². The van der Waals surface area contributed by atoms with Gasteiger partial charge in [0.2, 0.25) is 0 Å². The van der Waals surface area contributed by atoms with Crippen LogP contribution in [-0.2, 0) is 0 Å². The number of thioether (sulfide) groups is 1. The van der Waals surface area contributed by atoms with Crippen LogP contribution in [0.25, 0.3) is 0 Å². The van der Waals surface area contributed by atoms with E-state index in [0.29, 0.717) is 11.3 Å². The number of aryl methyl sites for hydroxylation is 1. The summed E-state index contributed by atoms with van der Waals surface area (Å²) in [6.07, 6.45) is 2.16. The molecule has 0 amide bonds. The van der Waals surface area contributed by atoms with Gasteiger partial charge in [-0.25, -0.2) is 0 Å². The summed E-state index contributed by atoms with van der Waals surface area (Å²) in [6.45, 7) is 7.76. The normalized spacial score (nSPS) is 15.4. The molecule has 0 spiro atoms. The van der Waals surface area contributed by atoms with Crippen LogP contribution in [0.1, 0.15) is 30.3 Å². The highest BCUT2D eigenvalue weighted by Crippen LogP contribution is 2.23. The van der Waals surface area contributed by atoms with Gasteiger partial charge in [-0.05, 0) is 37.1 Å². The number of hydrogen-bond donors (Lipinski definition) is 1. The third-order valence-electron chi connectivity index (χ3n) is 2.41. The van der Waals surface area contributed by atoms with E-state index in [1.54, 1.807) is 0 Å². The summed E-state index contributed by atoms with van der Waals surface area (Å²) < 4.78 is 0. The second-order valence-electron chi connectivity index (χ2n) is 3.64. The van der Waals surface area contributed by atoms with E-state index in [1.807, 2.05) is 23.1 Å². The van der Waals surface area contributed by atoms with Gasteiger partial charge in [0, 0.05) is 22.7 Å². The first kappa shape index (κ1) is 12.1. The average Bonchev–Trinajstić information content (AvgIpc) is 2.60. The quantitative estimate of drug-likeness (QED) is 0.830. The standard InChI is InChI=1S/C11H19NS2/c1-8-5-6-14-11(8)10(3)12-7-9(2)13-4/h5-6,9-10,12H,7H2,1-4H3. The number of nitrogens with one attached hydrogen (secondary N) is 1.